The second kappa shape index (κ2) is 7.28. The molecule has 3 rings (SSSR count). The van der Waals surface area contributed by atoms with E-state index < -0.39 is 0 Å². The standard InChI is InChI=1S/C25H27FN2/c1-16(2)28-24-11-17(3)20(13-23(24)18(4)14-25(28,5)6)12-21(15-27)19-7-9-22(26)10-8-19/h7-14,16H,1-6H3/b21-12-. The fourth-order valence-electron chi connectivity index (χ4n) is 4.28. The number of nitrogens with zero attached hydrogens (tertiary/aromatic N) is 2. The van der Waals surface area contributed by atoms with Crippen LogP contribution in [0.15, 0.2) is 42.5 Å². The van der Waals surface area contributed by atoms with Gasteiger partial charge in [0.15, 0.2) is 0 Å². The number of halogens is 1. The summed E-state index contributed by atoms with van der Waals surface area (Å²) in [5.41, 5.74) is 6.99. The predicted octanol–water partition coefficient (Wildman–Crippen LogP) is 6.61. The fraction of sp³-hybridized carbons (Fsp3) is 0.320. The van der Waals surface area contributed by atoms with Gasteiger partial charge in [0.25, 0.3) is 0 Å². The van der Waals surface area contributed by atoms with Crippen LogP contribution in [0.2, 0.25) is 0 Å². The monoisotopic (exact) mass is 374 g/mol. The fourth-order valence-corrected chi connectivity index (χ4v) is 4.28. The normalized spacial score (nSPS) is 15.9. The number of fused-ring (bicyclic) bond motifs is 1. The van der Waals surface area contributed by atoms with Gasteiger partial charge in [-0.15, -0.1) is 0 Å². The van der Waals surface area contributed by atoms with Crippen LogP contribution in [0.5, 0.6) is 0 Å². The molecule has 3 heteroatoms. The van der Waals surface area contributed by atoms with E-state index >= 15 is 0 Å². The molecular formula is C25H27FN2. The molecule has 0 radical (unpaired) electrons. The molecule has 1 aliphatic rings. The van der Waals surface area contributed by atoms with Crippen molar-refractivity contribution >= 4 is 22.9 Å². The van der Waals surface area contributed by atoms with Crippen molar-refractivity contribution in [1.29, 1.82) is 5.26 Å². The predicted molar refractivity (Wildman–Crippen MR) is 116 cm³/mol. The molecule has 0 unspecified atom stereocenters. The highest BCUT2D eigenvalue weighted by Crippen LogP contribution is 2.42. The van der Waals surface area contributed by atoms with E-state index in [1.54, 1.807) is 12.1 Å². The van der Waals surface area contributed by atoms with E-state index in [9.17, 15) is 9.65 Å². The van der Waals surface area contributed by atoms with E-state index in [0.717, 1.165) is 16.7 Å². The number of allylic oxidation sites excluding steroid dienone is 2. The molecule has 0 saturated heterocycles. The van der Waals surface area contributed by atoms with Crippen LogP contribution in [0.25, 0.3) is 17.2 Å². The molecule has 0 aliphatic carbocycles. The molecule has 2 aromatic carbocycles. The first-order chi connectivity index (χ1) is 13.1. The van der Waals surface area contributed by atoms with Crippen molar-refractivity contribution in [2.75, 3.05) is 4.90 Å². The summed E-state index contributed by atoms with van der Waals surface area (Å²) in [6.45, 7) is 13.1. The molecule has 144 valence electrons. The summed E-state index contributed by atoms with van der Waals surface area (Å²) in [6.07, 6.45) is 4.21. The summed E-state index contributed by atoms with van der Waals surface area (Å²) in [7, 11) is 0. The number of hydrogen-bond donors (Lipinski definition) is 0. The lowest BCUT2D eigenvalue weighted by molar-refractivity contribution is 0.507. The van der Waals surface area contributed by atoms with E-state index in [4.69, 9.17) is 0 Å². The van der Waals surface area contributed by atoms with Gasteiger partial charge in [0, 0.05) is 17.3 Å². The number of nitriles is 1. The summed E-state index contributed by atoms with van der Waals surface area (Å²) in [5, 5.41) is 9.64. The molecule has 2 nitrogen and oxygen atoms in total. The Hall–Kier alpha value is -2.86. The smallest absolute Gasteiger partial charge is 0.123 e. The molecule has 1 aliphatic heterocycles. The Morgan fingerprint density at radius 3 is 2.36 bits per heavy atom. The van der Waals surface area contributed by atoms with Crippen LogP contribution in [0.1, 0.15) is 56.9 Å². The van der Waals surface area contributed by atoms with Crippen LogP contribution in [0.4, 0.5) is 10.1 Å². The molecule has 0 fully saturated rings. The van der Waals surface area contributed by atoms with Crippen LogP contribution in [-0.2, 0) is 0 Å². The number of aryl methyl sites for hydroxylation is 1. The second-order valence-electron chi connectivity index (χ2n) is 8.35. The third-order valence-electron chi connectivity index (χ3n) is 5.35. The van der Waals surface area contributed by atoms with Gasteiger partial charge in [-0.25, -0.2) is 4.39 Å². The lowest BCUT2D eigenvalue weighted by Gasteiger charge is -2.46. The molecule has 0 aromatic heterocycles. The Bertz CT molecular complexity index is 1000. The molecule has 0 N–H and O–H groups in total. The first kappa shape index (κ1) is 19.9. The molecule has 0 atom stereocenters. The zero-order valence-corrected chi connectivity index (χ0v) is 17.5. The van der Waals surface area contributed by atoms with Crippen molar-refractivity contribution in [3.05, 3.63) is 70.5 Å². The van der Waals surface area contributed by atoms with Gasteiger partial charge in [-0.2, -0.15) is 5.26 Å². The largest absolute Gasteiger partial charge is 0.360 e. The maximum Gasteiger partial charge on any atom is 0.123 e. The SMILES string of the molecule is CC1=CC(C)(C)N(C(C)C)c2cc(C)c(/C=C(/C#N)c3ccc(F)cc3)cc21. The molecule has 2 aromatic rings. The summed E-state index contributed by atoms with van der Waals surface area (Å²) in [5.74, 6) is -0.303. The van der Waals surface area contributed by atoms with Crippen molar-refractivity contribution in [3.63, 3.8) is 0 Å². The van der Waals surface area contributed by atoms with Gasteiger partial charge in [0.1, 0.15) is 5.82 Å². The molecule has 0 spiro atoms. The Kier molecular flexibility index (Phi) is 5.17. The van der Waals surface area contributed by atoms with Gasteiger partial charge in [0.2, 0.25) is 0 Å². The topological polar surface area (TPSA) is 27.0 Å². The van der Waals surface area contributed by atoms with Crippen LogP contribution < -0.4 is 4.90 Å². The quantitative estimate of drug-likeness (QED) is 0.446. The van der Waals surface area contributed by atoms with Gasteiger partial charge in [-0.1, -0.05) is 18.2 Å². The third-order valence-corrected chi connectivity index (χ3v) is 5.35. The summed E-state index contributed by atoms with van der Waals surface area (Å²) < 4.78 is 13.2. The molecule has 0 bridgehead atoms. The summed E-state index contributed by atoms with van der Waals surface area (Å²) in [4.78, 5) is 2.45. The van der Waals surface area contributed by atoms with Crippen LogP contribution in [0.3, 0.4) is 0 Å². The highest BCUT2D eigenvalue weighted by atomic mass is 19.1. The van der Waals surface area contributed by atoms with Crippen molar-refractivity contribution in [2.24, 2.45) is 0 Å². The number of anilines is 1. The second-order valence-corrected chi connectivity index (χ2v) is 8.35. The van der Waals surface area contributed by atoms with Crippen molar-refractivity contribution < 1.29 is 4.39 Å². The van der Waals surface area contributed by atoms with Crippen molar-refractivity contribution in [3.8, 4) is 6.07 Å². The van der Waals surface area contributed by atoms with Crippen LogP contribution >= 0.6 is 0 Å². The van der Waals surface area contributed by atoms with E-state index in [1.807, 2.05) is 6.08 Å². The highest BCUT2D eigenvalue weighted by Gasteiger charge is 2.33. The maximum atomic E-state index is 13.2. The first-order valence-corrected chi connectivity index (χ1v) is 9.65. The lowest BCUT2D eigenvalue weighted by atomic mass is 9.85. The van der Waals surface area contributed by atoms with E-state index in [1.165, 1.54) is 29.0 Å². The number of rotatable bonds is 3. The van der Waals surface area contributed by atoms with Crippen molar-refractivity contribution in [2.45, 2.75) is 53.1 Å². The van der Waals surface area contributed by atoms with Gasteiger partial charge >= 0.3 is 0 Å². The Morgan fingerprint density at radius 2 is 1.79 bits per heavy atom. The summed E-state index contributed by atoms with van der Waals surface area (Å²) in [6, 6.07) is 13.1. The molecule has 0 saturated carbocycles. The molecule has 1 heterocycles. The van der Waals surface area contributed by atoms with Gasteiger partial charge in [0.05, 0.1) is 17.2 Å². The highest BCUT2D eigenvalue weighted by molar-refractivity contribution is 5.92. The van der Waals surface area contributed by atoms with E-state index in [-0.39, 0.29) is 11.4 Å². The third kappa shape index (κ3) is 3.60. The van der Waals surface area contributed by atoms with Crippen LogP contribution in [0, 0.1) is 24.1 Å². The Morgan fingerprint density at radius 1 is 1.14 bits per heavy atom. The van der Waals surface area contributed by atoms with Crippen molar-refractivity contribution in [1.82, 2.24) is 0 Å². The molecular weight excluding hydrogens is 347 g/mol. The number of benzene rings is 2. The zero-order chi connectivity index (χ0) is 20.6. The number of hydrogen-bond acceptors (Lipinski definition) is 2. The maximum absolute atomic E-state index is 13.2. The van der Waals surface area contributed by atoms with E-state index in [0.29, 0.717) is 11.6 Å². The van der Waals surface area contributed by atoms with Gasteiger partial charge < -0.3 is 4.90 Å². The summed E-state index contributed by atoms with van der Waals surface area (Å²) >= 11 is 0. The Balaban J connectivity index is 2.15. The average Bonchev–Trinajstić information content (AvgIpc) is 2.60. The zero-order valence-electron chi connectivity index (χ0n) is 17.5. The van der Waals surface area contributed by atoms with Gasteiger partial charge in [-0.05, 0) is 94.1 Å². The lowest BCUT2D eigenvalue weighted by Crippen LogP contribution is -2.49. The Labute approximate surface area is 167 Å². The molecule has 28 heavy (non-hydrogen) atoms. The molecule has 0 amide bonds. The first-order valence-electron chi connectivity index (χ1n) is 9.65. The average molecular weight is 375 g/mol. The minimum atomic E-state index is -0.303. The van der Waals surface area contributed by atoms with E-state index in [2.05, 4.69) is 70.7 Å². The minimum Gasteiger partial charge on any atom is -0.360 e. The van der Waals surface area contributed by atoms with Gasteiger partial charge in [-0.3, -0.25) is 0 Å². The minimum absolute atomic E-state index is 0.0546. The van der Waals surface area contributed by atoms with Crippen LogP contribution in [-0.4, -0.2) is 11.6 Å².